The maximum Gasteiger partial charge on any atom is 0.255 e. The fraction of sp³-hybridized carbons (Fsp3) is 0. The summed E-state index contributed by atoms with van der Waals surface area (Å²) in [5.74, 6) is -0.968. The normalized spacial score (nSPS) is 10.2. The summed E-state index contributed by atoms with van der Waals surface area (Å²) < 4.78 is 0.703. The van der Waals surface area contributed by atoms with Gasteiger partial charge in [-0.2, -0.15) is 0 Å². The number of anilines is 1. The molecule has 0 saturated heterocycles. The van der Waals surface area contributed by atoms with Crippen molar-refractivity contribution in [2.45, 2.75) is 0 Å². The minimum absolute atomic E-state index is 0.175. The van der Waals surface area contributed by atoms with Crippen LogP contribution in [0.4, 0.5) is 5.69 Å². The average Bonchev–Trinajstić information content (AvgIpc) is 2.41. The van der Waals surface area contributed by atoms with Crippen molar-refractivity contribution < 1.29 is 9.59 Å². The van der Waals surface area contributed by atoms with Crippen LogP contribution >= 0.6 is 39.1 Å². The summed E-state index contributed by atoms with van der Waals surface area (Å²) in [6.45, 7) is 0. The van der Waals surface area contributed by atoms with Gasteiger partial charge in [-0.3, -0.25) is 9.59 Å². The largest absolute Gasteiger partial charge is 0.366 e. The van der Waals surface area contributed by atoms with Gasteiger partial charge in [-0.25, -0.2) is 0 Å². The Bertz CT molecular complexity index is 735. The molecule has 0 aliphatic carbocycles. The number of halogens is 3. The molecule has 0 bridgehead atoms. The second-order valence-corrected chi connectivity index (χ2v) is 5.81. The third-order valence-corrected chi connectivity index (χ3v) is 4.22. The Kier molecular flexibility index (Phi) is 4.88. The molecule has 0 heterocycles. The molecule has 0 aromatic heterocycles. The minimum Gasteiger partial charge on any atom is -0.366 e. The fourth-order valence-electron chi connectivity index (χ4n) is 1.63. The van der Waals surface area contributed by atoms with Crippen molar-refractivity contribution in [1.82, 2.24) is 0 Å². The summed E-state index contributed by atoms with van der Waals surface area (Å²) >= 11 is 15.1. The topological polar surface area (TPSA) is 72.2 Å². The average molecular weight is 388 g/mol. The maximum absolute atomic E-state index is 12.1. The van der Waals surface area contributed by atoms with Crippen LogP contribution in [0.15, 0.2) is 40.9 Å². The molecule has 2 amide bonds. The SMILES string of the molecule is NC(=O)c1ccc(NC(=O)c2ccc(Br)c(Cl)c2)cc1Cl. The van der Waals surface area contributed by atoms with Gasteiger partial charge in [0.15, 0.2) is 0 Å². The van der Waals surface area contributed by atoms with E-state index in [0.717, 1.165) is 0 Å². The molecule has 4 nitrogen and oxygen atoms in total. The van der Waals surface area contributed by atoms with Gasteiger partial charge < -0.3 is 11.1 Å². The van der Waals surface area contributed by atoms with Gasteiger partial charge in [-0.05, 0) is 52.3 Å². The van der Waals surface area contributed by atoms with E-state index >= 15 is 0 Å². The molecule has 0 saturated carbocycles. The van der Waals surface area contributed by atoms with Gasteiger partial charge in [0.2, 0.25) is 5.91 Å². The maximum atomic E-state index is 12.1. The lowest BCUT2D eigenvalue weighted by molar-refractivity contribution is 0.0998. The van der Waals surface area contributed by atoms with Crippen LogP contribution in [-0.4, -0.2) is 11.8 Å². The van der Waals surface area contributed by atoms with Crippen LogP contribution in [0.5, 0.6) is 0 Å². The smallest absolute Gasteiger partial charge is 0.255 e. The fourth-order valence-corrected chi connectivity index (χ4v) is 2.33. The summed E-state index contributed by atoms with van der Waals surface area (Å²) in [6.07, 6.45) is 0. The number of hydrogen-bond acceptors (Lipinski definition) is 2. The zero-order chi connectivity index (χ0) is 15.6. The third kappa shape index (κ3) is 3.75. The molecular formula is C14H9BrCl2N2O2. The molecule has 108 valence electrons. The number of hydrogen-bond donors (Lipinski definition) is 2. The monoisotopic (exact) mass is 386 g/mol. The van der Waals surface area contributed by atoms with Crippen LogP contribution in [-0.2, 0) is 0 Å². The molecule has 3 N–H and O–H groups in total. The van der Waals surface area contributed by atoms with Crippen molar-refractivity contribution in [1.29, 1.82) is 0 Å². The number of nitrogens with two attached hydrogens (primary N) is 1. The first-order chi connectivity index (χ1) is 9.88. The Morgan fingerprint density at radius 3 is 2.33 bits per heavy atom. The van der Waals surface area contributed by atoms with E-state index < -0.39 is 5.91 Å². The van der Waals surface area contributed by atoms with Gasteiger partial charge in [0, 0.05) is 15.7 Å². The molecule has 2 aromatic rings. The third-order valence-electron chi connectivity index (χ3n) is 2.67. The molecule has 7 heteroatoms. The standard InChI is InChI=1S/C14H9BrCl2N2O2/c15-10-4-1-7(5-12(10)17)14(21)19-8-2-3-9(13(18)20)11(16)6-8/h1-6H,(H2,18,20)(H,19,21). The van der Waals surface area contributed by atoms with Crippen molar-refractivity contribution in [2.24, 2.45) is 5.73 Å². The Hall–Kier alpha value is -1.56. The quantitative estimate of drug-likeness (QED) is 0.831. The van der Waals surface area contributed by atoms with E-state index in [1.807, 2.05) is 0 Å². The van der Waals surface area contributed by atoms with E-state index in [1.165, 1.54) is 12.1 Å². The zero-order valence-electron chi connectivity index (χ0n) is 10.5. The number of carbonyl (C=O) groups is 2. The zero-order valence-corrected chi connectivity index (χ0v) is 13.6. The molecule has 0 fully saturated rings. The van der Waals surface area contributed by atoms with Crippen molar-refractivity contribution in [3.63, 3.8) is 0 Å². The van der Waals surface area contributed by atoms with E-state index in [2.05, 4.69) is 21.2 Å². The minimum atomic E-state index is -0.627. The lowest BCUT2D eigenvalue weighted by atomic mass is 10.1. The number of amides is 2. The molecule has 0 radical (unpaired) electrons. The van der Waals surface area contributed by atoms with E-state index in [9.17, 15) is 9.59 Å². The molecule has 21 heavy (non-hydrogen) atoms. The number of rotatable bonds is 3. The molecular weight excluding hydrogens is 379 g/mol. The van der Waals surface area contributed by atoms with Gasteiger partial charge in [0.1, 0.15) is 0 Å². The Morgan fingerprint density at radius 2 is 1.76 bits per heavy atom. The molecule has 2 aromatic carbocycles. The Balaban J connectivity index is 2.21. The highest BCUT2D eigenvalue weighted by Crippen LogP contribution is 2.24. The highest BCUT2D eigenvalue weighted by molar-refractivity contribution is 9.10. The first-order valence-corrected chi connectivity index (χ1v) is 7.29. The van der Waals surface area contributed by atoms with Gasteiger partial charge in [-0.1, -0.05) is 23.2 Å². The highest BCUT2D eigenvalue weighted by atomic mass is 79.9. The summed E-state index contributed by atoms with van der Waals surface area (Å²) in [7, 11) is 0. The predicted octanol–water partition coefficient (Wildman–Crippen LogP) is 4.11. The van der Waals surface area contributed by atoms with E-state index in [0.29, 0.717) is 20.7 Å². The van der Waals surface area contributed by atoms with Crippen LogP contribution in [0.2, 0.25) is 10.0 Å². The lowest BCUT2D eigenvalue weighted by Crippen LogP contribution is -2.14. The van der Waals surface area contributed by atoms with E-state index in [4.69, 9.17) is 28.9 Å². The number of benzene rings is 2. The Morgan fingerprint density at radius 1 is 1.05 bits per heavy atom. The molecule has 0 unspecified atom stereocenters. The van der Waals surface area contributed by atoms with Gasteiger partial charge in [0.05, 0.1) is 15.6 Å². The summed E-state index contributed by atoms with van der Waals surface area (Å²) in [6, 6.07) is 9.31. The van der Waals surface area contributed by atoms with Crippen LogP contribution in [0.25, 0.3) is 0 Å². The van der Waals surface area contributed by atoms with Crippen LogP contribution < -0.4 is 11.1 Å². The second kappa shape index (κ2) is 6.47. The van der Waals surface area contributed by atoms with Gasteiger partial charge in [0.25, 0.3) is 5.91 Å². The molecule has 0 spiro atoms. The van der Waals surface area contributed by atoms with Crippen molar-refractivity contribution in [3.05, 3.63) is 62.0 Å². The Labute approximate surface area is 139 Å². The molecule has 2 rings (SSSR count). The van der Waals surface area contributed by atoms with Crippen LogP contribution in [0, 0.1) is 0 Å². The van der Waals surface area contributed by atoms with E-state index in [-0.39, 0.29) is 16.5 Å². The number of primary amides is 1. The molecule has 0 aliphatic heterocycles. The second-order valence-electron chi connectivity index (χ2n) is 4.14. The number of nitrogens with one attached hydrogen (secondary N) is 1. The van der Waals surface area contributed by atoms with Crippen molar-refractivity contribution >= 4 is 56.6 Å². The summed E-state index contributed by atoms with van der Waals surface area (Å²) in [4.78, 5) is 23.2. The van der Waals surface area contributed by atoms with E-state index in [1.54, 1.807) is 24.3 Å². The predicted molar refractivity (Wildman–Crippen MR) is 87.1 cm³/mol. The van der Waals surface area contributed by atoms with Crippen molar-refractivity contribution in [2.75, 3.05) is 5.32 Å². The van der Waals surface area contributed by atoms with Crippen molar-refractivity contribution in [3.8, 4) is 0 Å². The summed E-state index contributed by atoms with van der Waals surface area (Å²) in [5.41, 5.74) is 6.21. The summed E-state index contributed by atoms with van der Waals surface area (Å²) in [5, 5.41) is 3.27. The lowest BCUT2D eigenvalue weighted by Gasteiger charge is -2.08. The van der Waals surface area contributed by atoms with Crippen LogP contribution in [0.3, 0.4) is 0 Å². The first kappa shape index (κ1) is 15.8. The highest BCUT2D eigenvalue weighted by Gasteiger charge is 2.11. The number of carbonyl (C=O) groups excluding carboxylic acids is 2. The molecule has 0 atom stereocenters. The first-order valence-electron chi connectivity index (χ1n) is 5.74. The molecule has 0 aliphatic rings. The van der Waals surface area contributed by atoms with Crippen LogP contribution in [0.1, 0.15) is 20.7 Å². The van der Waals surface area contributed by atoms with Gasteiger partial charge in [-0.15, -0.1) is 0 Å². The van der Waals surface area contributed by atoms with Gasteiger partial charge >= 0.3 is 0 Å².